The van der Waals surface area contributed by atoms with Gasteiger partial charge in [0.1, 0.15) is 11.5 Å². The van der Waals surface area contributed by atoms with E-state index in [1.54, 1.807) is 24.3 Å². The number of rotatable bonds is 8. The van der Waals surface area contributed by atoms with Crippen molar-refractivity contribution in [2.75, 3.05) is 0 Å². The number of carbonyl (C=O) groups excluding carboxylic acids is 2. The Bertz CT molecular complexity index is 925. The van der Waals surface area contributed by atoms with Gasteiger partial charge in [-0.15, -0.1) is 0 Å². The van der Waals surface area contributed by atoms with E-state index in [9.17, 15) is 14.7 Å². The number of nitrogens with one attached hydrogen (secondary N) is 1. The summed E-state index contributed by atoms with van der Waals surface area (Å²) in [6.07, 6.45) is 7.30. The summed E-state index contributed by atoms with van der Waals surface area (Å²) < 4.78 is 5.92. The lowest BCUT2D eigenvalue weighted by atomic mass is 10.0. The molecule has 1 aliphatic carbocycles. The lowest BCUT2D eigenvalue weighted by Crippen LogP contribution is -2.35. The van der Waals surface area contributed by atoms with Gasteiger partial charge in [-0.05, 0) is 67.2 Å². The van der Waals surface area contributed by atoms with E-state index in [1.165, 1.54) is 18.9 Å². The maximum Gasteiger partial charge on any atom is 0.224 e. The molecular formula is C25H28NO4-. The van der Waals surface area contributed by atoms with Crippen LogP contribution in [0.3, 0.4) is 0 Å². The molecule has 0 aromatic heterocycles. The summed E-state index contributed by atoms with van der Waals surface area (Å²) in [7, 11) is 0. The molecule has 5 nitrogen and oxygen atoms in total. The molecule has 1 saturated carbocycles. The SMILES string of the molecule is Cc1cccc(Oc2ccc(/C=C(/NC(=O)CCC3CCCC3)C(=O)[O-])cc2)c1C. The van der Waals surface area contributed by atoms with Crippen LogP contribution in [0, 0.1) is 19.8 Å². The quantitative estimate of drug-likeness (QED) is 0.664. The standard InChI is InChI=1S/C25H29NO4/c1-17-6-5-9-23(18(17)2)30-21-13-10-20(11-14-21)16-22(25(28)29)26-24(27)15-12-19-7-3-4-8-19/h5-6,9-11,13-14,16,19H,3-4,7-8,12,15H2,1-2H3,(H,26,27)(H,28,29)/p-1/b22-16+. The molecule has 2 aromatic rings. The van der Waals surface area contributed by atoms with Crippen LogP contribution in [0.1, 0.15) is 55.2 Å². The van der Waals surface area contributed by atoms with Crippen molar-refractivity contribution in [1.29, 1.82) is 0 Å². The highest BCUT2D eigenvalue weighted by atomic mass is 16.5. The normalized spacial score (nSPS) is 14.5. The molecule has 0 unspecified atom stereocenters. The third-order valence-electron chi connectivity index (χ3n) is 5.72. The monoisotopic (exact) mass is 406 g/mol. The molecule has 1 fully saturated rings. The maximum atomic E-state index is 12.2. The number of hydrogen-bond donors (Lipinski definition) is 1. The smallest absolute Gasteiger partial charge is 0.224 e. The van der Waals surface area contributed by atoms with E-state index in [0.717, 1.165) is 36.1 Å². The van der Waals surface area contributed by atoms with E-state index in [4.69, 9.17) is 4.74 Å². The number of amides is 1. The number of aliphatic carboxylic acids is 1. The van der Waals surface area contributed by atoms with Crippen LogP contribution in [0.5, 0.6) is 11.5 Å². The lowest BCUT2D eigenvalue weighted by molar-refractivity contribution is -0.299. The summed E-state index contributed by atoms with van der Waals surface area (Å²) in [5.41, 5.74) is 2.63. The topological polar surface area (TPSA) is 78.5 Å². The van der Waals surface area contributed by atoms with Crippen LogP contribution in [0.15, 0.2) is 48.2 Å². The predicted octanol–water partition coefficient (Wildman–Crippen LogP) is 4.27. The van der Waals surface area contributed by atoms with Gasteiger partial charge in [-0.1, -0.05) is 49.9 Å². The fourth-order valence-corrected chi connectivity index (χ4v) is 3.75. The molecule has 0 saturated heterocycles. The molecule has 0 bridgehead atoms. The van der Waals surface area contributed by atoms with Crippen LogP contribution >= 0.6 is 0 Å². The molecule has 0 heterocycles. The van der Waals surface area contributed by atoms with Gasteiger partial charge in [-0.2, -0.15) is 0 Å². The molecule has 30 heavy (non-hydrogen) atoms. The van der Waals surface area contributed by atoms with Crippen LogP contribution in [-0.2, 0) is 9.59 Å². The van der Waals surface area contributed by atoms with Crippen molar-refractivity contribution < 1.29 is 19.4 Å². The molecule has 1 N–H and O–H groups in total. The fraction of sp³-hybridized carbons (Fsp3) is 0.360. The minimum atomic E-state index is -1.40. The van der Waals surface area contributed by atoms with Gasteiger partial charge in [0.15, 0.2) is 0 Å². The minimum Gasteiger partial charge on any atom is -0.543 e. The van der Waals surface area contributed by atoms with Gasteiger partial charge in [0.05, 0.1) is 11.7 Å². The van der Waals surface area contributed by atoms with Gasteiger partial charge < -0.3 is 20.0 Å². The number of benzene rings is 2. The van der Waals surface area contributed by atoms with Crippen molar-refractivity contribution >= 4 is 18.0 Å². The Morgan fingerprint density at radius 3 is 2.47 bits per heavy atom. The second-order valence-electron chi connectivity index (χ2n) is 7.95. The van der Waals surface area contributed by atoms with E-state index < -0.39 is 5.97 Å². The number of hydrogen-bond acceptors (Lipinski definition) is 4. The molecule has 0 radical (unpaired) electrons. The van der Waals surface area contributed by atoms with Gasteiger partial charge in [-0.25, -0.2) is 0 Å². The van der Waals surface area contributed by atoms with Crippen LogP contribution in [0.25, 0.3) is 6.08 Å². The molecule has 0 spiro atoms. The molecule has 158 valence electrons. The highest BCUT2D eigenvalue weighted by Gasteiger charge is 2.16. The number of carbonyl (C=O) groups is 2. The number of carboxylic acids is 1. The third kappa shape index (κ3) is 5.96. The molecular weight excluding hydrogens is 378 g/mol. The largest absolute Gasteiger partial charge is 0.543 e. The van der Waals surface area contributed by atoms with Crippen LogP contribution in [0.4, 0.5) is 0 Å². The average Bonchev–Trinajstić information content (AvgIpc) is 3.24. The summed E-state index contributed by atoms with van der Waals surface area (Å²) in [6.45, 7) is 4.03. The van der Waals surface area contributed by atoms with Crippen LogP contribution in [0.2, 0.25) is 0 Å². The van der Waals surface area contributed by atoms with E-state index in [-0.39, 0.29) is 11.6 Å². The highest BCUT2D eigenvalue weighted by Crippen LogP contribution is 2.29. The second kappa shape index (κ2) is 10.1. The Labute approximate surface area is 177 Å². The van der Waals surface area contributed by atoms with E-state index in [2.05, 4.69) is 5.32 Å². The number of aryl methyl sites for hydroxylation is 1. The fourth-order valence-electron chi connectivity index (χ4n) is 3.75. The third-order valence-corrected chi connectivity index (χ3v) is 5.72. The molecule has 1 amide bonds. The van der Waals surface area contributed by atoms with Crippen molar-refractivity contribution in [2.45, 2.75) is 52.4 Å². The Morgan fingerprint density at radius 1 is 1.10 bits per heavy atom. The lowest BCUT2D eigenvalue weighted by Gasteiger charge is -2.13. The summed E-state index contributed by atoms with van der Waals surface area (Å²) in [5.74, 6) is 0.322. The van der Waals surface area contributed by atoms with Crippen LogP contribution < -0.4 is 15.2 Å². The first-order valence-corrected chi connectivity index (χ1v) is 10.5. The molecule has 5 heteroatoms. The predicted molar refractivity (Wildman–Crippen MR) is 115 cm³/mol. The van der Waals surface area contributed by atoms with Gasteiger partial charge >= 0.3 is 0 Å². The zero-order chi connectivity index (χ0) is 21.5. The van der Waals surface area contributed by atoms with E-state index in [0.29, 0.717) is 23.7 Å². The average molecular weight is 407 g/mol. The molecule has 2 aromatic carbocycles. The van der Waals surface area contributed by atoms with Gasteiger partial charge in [0, 0.05) is 6.42 Å². The van der Waals surface area contributed by atoms with Crippen molar-refractivity contribution in [3.63, 3.8) is 0 Å². The Kier molecular flexibility index (Phi) is 7.28. The first kappa shape index (κ1) is 21.6. The highest BCUT2D eigenvalue weighted by molar-refractivity contribution is 5.95. The zero-order valence-electron chi connectivity index (χ0n) is 17.6. The van der Waals surface area contributed by atoms with E-state index in [1.807, 2.05) is 32.0 Å². The summed E-state index contributed by atoms with van der Waals surface area (Å²) in [5, 5.41) is 13.9. The second-order valence-corrected chi connectivity index (χ2v) is 7.95. The first-order chi connectivity index (χ1) is 14.4. The Hall–Kier alpha value is -3.08. The minimum absolute atomic E-state index is 0.227. The first-order valence-electron chi connectivity index (χ1n) is 10.5. The Morgan fingerprint density at radius 2 is 1.80 bits per heavy atom. The number of carboxylic acid groups (broad SMARTS) is 1. The summed E-state index contributed by atoms with van der Waals surface area (Å²) >= 11 is 0. The maximum absolute atomic E-state index is 12.2. The van der Waals surface area contributed by atoms with Gasteiger partial charge in [-0.3, -0.25) is 4.79 Å². The Balaban J connectivity index is 1.63. The van der Waals surface area contributed by atoms with Crippen molar-refractivity contribution in [1.82, 2.24) is 5.32 Å². The molecule has 0 atom stereocenters. The van der Waals surface area contributed by atoms with Crippen molar-refractivity contribution in [2.24, 2.45) is 5.92 Å². The molecule has 0 aliphatic heterocycles. The van der Waals surface area contributed by atoms with Crippen molar-refractivity contribution in [3.8, 4) is 11.5 Å². The zero-order valence-corrected chi connectivity index (χ0v) is 17.6. The van der Waals surface area contributed by atoms with Gasteiger partial charge in [0.2, 0.25) is 5.91 Å². The molecule has 1 aliphatic rings. The van der Waals surface area contributed by atoms with Gasteiger partial charge in [0.25, 0.3) is 0 Å². The van der Waals surface area contributed by atoms with Crippen LogP contribution in [-0.4, -0.2) is 11.9 Å². The number of ether oxygens (including phenoxy) is 1. The molecule has 3 rings (SSSR count). The van der Waals surface area contributed by atoms with Crippen molar-refractivity contribution in [3.05, 3.63) is 64.9 Å². The summed E-state index contributed by atoms with van der Waals surface area (Å²) in [6, 6.07) is 12.9. The van der Waals surface area contributed by atoms with E-state index >= 15 is 0 Å². The summed E-state index contributed by atoms with van der Waals surface area (Å²) in [4.78, 5) is 23.6.